The van der Waals surface area contributed by atoms with Crippen molar-refractivity contribution < 1.29 is 22.7 Å². The van der Waals surface area contributed by atoms with Crippen molar-refractivity contribution in [3.05, 3.63) is 59.5 Å². The number of rotatable bonds is 8. The van der Waals surface area contributed by atoms with E-state index in [1.807, 2.05) is 6.07 Å². The monoisotopic (exact) mass is 586 g/mol. The molecule has 1 aliphatic carbocycles. The number of benzene rings is 1. The maximum Gasteiger partial charge on any atom is 0.404 e. The van der Waals surface area contributed by atoms with Crippen molar-refractivity contribution in [2.75, 3.05) is 5.32 Å². The van der Waals surface area contributed by atoms with E-state index in [1.165, 1.54) is 17.4 Å². The summed E-state index contributed by atoms with van der Waals surface area (Å²) >= 11 is 1.44. The molecule has 0 bridgehead atoms. The van der Waals surface area contributed by atoms with Crippen LogP contribution in [0, 0.1) is 0 Å². The second-order valence-electron chi connectivity index (χ2n) is 10.7. The normalized spacial score (nSPS) is 17.7. The van der Waals surface area contributed by atoms with E-state index in [1.54, 1.807) is 57.4 Å². The van der Waals surface area contributed by atoms with E-state index in [2.05, 4.69) is 25.3 Å². The van der Waals surface area contributed by atoms with Gasteiger partial charge in [-0.1, -0.05) is 12.1 Å². The van der Waals surface area contributed by atoms with Crippen molar-refractivity contribution in [1.29, 1.82) is 0 Å². The highest BCUT2D eigenvalue weighted by molar-refractivity contribution is 7.89. The van der Waals surface area contributed by atoms with Gasteiger partial charge in [-0.3, -0.25) is 4.98 Å². The molecule has 3 amide bonds. The molecule has 5 N–H and O–H groups in total. The third-order valence-corrected chi connectivity index (χ3v) is 9.21. The van der Waals surface area contributed by atoms with Crippen LogP contribution in [0.4, 0.5) is 15.3 Å². The van der Waals surface area contributed by atoms with Gasteiger partial charge in [0.05, 0.1) is 27.0 Å². The van der Waals surface area contributed by atoms with Gasteiger partial charge < -0.3 is 21.1 Å². The van der Waals surface area contributed by atoms with Crippen molar-refractivity contribution in [3.63, 3.8) is 0 Å². The molecule has 4 rings (SSSR count). The number of hydrogen-bond acceptors (Lipinski definition) is 8. The number of nitrogens with one attached hydrogen (secondary N) is 3. The molecule has 0 spiro atoms. The molecule has 0 unspecified atom stereocenters. The molecule has 0 atom stereocenters. The Hall–Kier alpha value is -3.55. The number of amides is 3. The van der Waals surface area contributed by atoms with Gasteiger partial charge in [0.1, 0.15) is 6.10 Å². The molecule has 2 heterocycles. The lowest BCUT2D eigenvalue weighted by Crippen LogP contribution is -2.40. The van der Waals surface area contributed by atoms with Crippen LogP contribution in [-0.4, -0.2) is 42.2 Å². The number of pyridine rings is 1. The average Bonchev–Trinajstić information content (AvgIpc) is 3.37. The minimum atomic E-state index is -3.96. The van der Waals surface area contributed by atoms with Gasteiger partial charge in [0.15, 0.2) is 0 Å². The van der Waals surface area contributed by atoms with Crippen LogP contribution in [0.2, 0.25) is 0 Å². The Bertz CT molecular complexity index is 1450. The number of anilines is 1. The molecule has 2 aromatic heterocycles. The highest BCUT2D eigenvalue weighted by Gasteiger charge is 2.29. The largest absolute Gasteiger partial charge is 0.446 e. The topological polar surface area (TPSA) is 165 Å². The zero-order chi connectivity index (χ0) is 28.9. The molecule has 0 aliphatic heterocycles. The van der Waals surface area contributed by atoms with E-state index >= 15 is 0 Å². The zero-order valence-corrected chi connectivity index (χ0v) is 24.3. The maximum atomic E-state index is 13.5. The van der Waals surface area contributed by atoms with E-state index in [0.717, 1.165) is 17.8 Å². The van der Waals surface area contributed by atoms with Crippen molar-refractivity contribution in [2.24, 2.45) is 5.73 Å². The van der Waals surface area contributed by atoms with E-state index in [0.29, 0.717) is 34.7 Å². The fourth-order valence-electron chi connectivity index (χ4n) is 4.53. The molecule has 13 heteroatoms. The standard InChI is InChI=1S/C27H34N6O5S2/c1-27(2,3)33-40(36,37)23-14-18(32-26(35)31-15-19-6-4-5-13-29-19)9-12-21(23)22-16-30-24(39-22)17-7-10-20(11-8-17)38-25(28)34/h4-6,9,12-14,16-17,20,33H,7-8,10-11,15H2,1-3H3,(H2,28,34)(H2,31,32,35)/t17-,20-. The number of aromatic nitrogens is 2. The Morgan fingerprint density at radius 2 is 1.85 bits per heavy atom. The minimum absolute atomic E-state index is 0.0405. The zero-order valence-electron chi connectivity index (χ0n) is 22.6. The Kier molecular flexibility index (Phi) is 9.06. The van der Waals surface area contributed by atoms with Crippen molar-refractivity contribution >= 4 is 39.2 Å². The van der Waals surface area contributed by atoms with E-state index < -0.39 is 27.7 Å². The number of hydrogen-bond donors (Lipinski definition) is 4. The summed E-state index contributed by atoms with van der Waals surface area (Å²) in [5.74, 6) is 0.183. The molecule has 3 aromatic rings. The molecule has 1 aromatic carbocycles. The molecule has 1 aliphatic rings. The first-order valence-corrected chi connectivity index (χ1v) is 15.2. The molecule has 1 saturated carbocycles. The fraction of sp³-hybridized carbons (Fsp3) is 0.407. The van der Waals surface area contributed by atoms with Gasteiger partial charge in [-0.15, -0.1) is 11.3 Å². The molecule has 40 heavy (non-hydrogen) atoms. The molecule has 0 radical (unpaired) electrons. The third kappa shape index (κ3) is 7.99. The Morgan fingerprint density at radius 3 is 2.50 bits per heavy atom. The second-order valence-corrected chi connectivity index (χ2v) is 13.4. The third-order valence-electron chi connectivity index (χ3n) is 6.22. The second kappa shape index (κ2) is 12.3. The number of primary amides is 1. The summed E-state index contributed by atoms with van der Waals surface area (Å²) < 4.78 is 34.9. The molecular formula is C27H34N6O5S2. The maximum absolute atomic E-state index is 13.5. The number of nitrogens with two attached hydrogens (primary N) is 1. The van der Waals surface area contributed by atoms with Gasteiger partial charge in [-0.2, -0.15) is 0 Å². The molecule has 214 valence electrons. The highest BCUT2D eigenvalue weighted by atomic mass is 32.2. The number of urea groups is 1. The quantitative estimate of drug-likeness (QED) is 0.296. The summed E-state index contributed by atoms with van der Waals surface area (Å²) in [6.45, 7) is 5.52. The number of sulfonamides is 1. The molecular weight excluding hydrogens is 552 g/mol. The number of thiazole rings is 1. The average molecular weight is 587 g/mol. The first-order valence-electron chi connectivity index (χ1n) is 12.9. The molecule has 11 nitrogen and oxygen atoms in total. The first-order chi connectivity index (χ1) is 18.9. The Morgan fingerprint density at radius 1 is 1.10 bits per heavy atom. The van der Waals surface area contributed by atoms with Crippen LogP contribution in [0.25, 0.3) is 10.4 Å². The molecule has 0 saturated heterocycles. The van der Waals surface area contributed by atoms with Crippen molar-refractivity contribution in [2.45, 2.75) is 75.5 Å². The highest BCUT2D eigenvalue weighted by Crippen LogP contribution is 2.40. The fourth-order valence-corrected chi connectivity index (χ4v) is 7.38. The Balaban J connectivity index is 1.56. The van der Waals surface area contributed by atoms with Crippen LogP contribution in [0.5, 0.6) is 0 Å². The number of nitrogens with zero attached hydrogens (tertiary/aromatic N) is 2. The summed E-state index contributed by atoms with van der Waals surface area (Å²) in [5.41, 5.74) is 5.94. The lowest BCUT2D eigenvalue weighted by molar-refractivity contribution is 0.0787. The van der Waals surface area contributed by atoms with Crippen LogP contribution in [-0.2, 0) is 21.3 Å². The van der Waals surface area contributed by atoms with Crippen molar-refractivity contribution in [3.8, 4) is 10.4 Å². The predicted octanol–water partition coefficient (Wildman–Crippen LogP) is 4.73. The lowest BCUT2D eigenvalue weighted by Gasteiger charge is -2.26. The summed E-state index contributed by atoms with van der Waals surface area (Å²) in [5, 5.41) is 6.34. The molecule has 1 fully saturated rings. The van der Waals surface area contributed by atoms with Gasteiger partial charge in [0, 0.05) is 35.1 Å². The lowest BCUT2D eigenvalue weighted by atomic mass is 9.88. The van der Waals surface area contributed by atoms with E-state index in [4.69, 9.17) is 10.5 Å². The van der Waals surface area contributed by atoms with Crippen LogP contribution >= 0.6 is 11.3 Å². The summed E-state index contributed by atoms with van der Waals surface area (Å²) in [6, 6.07) is 9.72. The SMILES string of the molecule is CC(C)(C)NS(=O)(=O)c1cc(NC(=O)NCc2ccccn2)ccc1-c1cnc([C@H]2CC[C@H](OC(N)=O)CC2)s1. The Labute approximate surface area is 238 Å². The van der Waals surface area contributed by atoms with Crippen LogP contribution in [0.15, 0.2) is 53.7 Å². The van der Waals surface area contributed by atoms with Gasteiger partial charge in [0.25, 0.3) is 0 Å². The van der Waals surface area contributed by atoms with E-state index in [-0.39, 0.29) is 23.5 Å². The van der Waals surface area contributed by atoms with Gasteiger partial charge >= 0.3 is 12.1 Å². The first kappa shape index (κ1) is 29.4. The van der Waals surface area contributed by atoms with Crippen LogP contribution < -0.4 is 21.1 Å². The minimum Gasteiger partial charge on any atom is -0.446 e. The smallest absolute Gasteiger partial charge is 0.404 e. The van der Waals surface area contributed by atoms with Gasteiger partial charge in [-0.05, 0) is 70.7 Å². The summed E-state index contributed by atoms with van der Waals surface area (Å²) in [7, 11) is -3.96. The van der Waals surface area contributed by atoms with Crippen LogP contribution in [0.1, 0.15) is 63.1 Å². The summed E-state index contributed by atoms with van der Waals surface area (Å²) in [4.78, 5) is 33.1. The van der Waals surface area contributed by atoms with E-state index in [9.17, 15) is 18.0 Å². The van der Waals surface area contributed by atoms with Crippen LogP contribution in [0.3, 0.4) is 0 Å². The predicted molar refractivity (Wildman–Crippen MR) is 153 cm³/mol. The number of ether oxygens (including phenoxy) is 1. The van der Waals surface area contributed by atoms with Crippen molar-refractivity contribution in [1.82, 2.24) is 20.0 Å². The summed E-state index contributed by atoms with van der Waals surface area (Å²) in [6.07, 6.45) is 5.35. The number of carbonyl (C=O) groups is 2. The number of carbonyl (C=O) groups excluding carboxylic acids is 2. The van der Waals surface area contributed by atoms with Gasteiger partial charge in [-0.25, -0.2) is 27.7 Å². The van der Waals surface area contributed by atoms with Gasteiger partial charge in [0.2, 0.25) is 10.0 Å².